The Hall–Kier alpha value is -2.51. The van der Waals surface area contributed by atoms with Crippen LogP contribution in [0.25, 0.3) is 0 Å². The molecule has 3 rings (SSSR count). The smallest absolute Gasteiger partial charge is 0.253 e. The highest BCUT2D eigenvalue weighted by Crippen LogP contribution is 2.36. The number of rotatable bonds is 4. The van der Waals surface area contributed by atoms with E-state index >= 15 is 0 Å². The Morgan fingerprint density at radius 1 is 1.25 bits per heavy atom. The number of hydrogen-bond acceptors (Lipinski definition) is 4. The van der Waals surface area contributed by atoms with Gasteiger partial charge in [-0.3, -0.25) is 14.4 Å². The lowest BCUT2D eigenvalue weighted by Gasteiger charge is -2.29. The van der Waals surface area contributed by atoms with Gasteiger partial charge in [-0.25, -0.2) is 0 Å². The Balaban J connectivity index is 1.85. The maximum Gasteiger partial charge on any atom is 0.253 e. The van der Waals surface area contributed by atoms with Crippen molar-refractivity contribution in [2.45, 2.75) is 11.8 Å². The summed E-state index contributed by atoms with van der Waals surface area (Å²) in [4.78, 5) is 41.1. The topological polar surface area (TPSA) is 69.7 Å². The molecule has 0 bridgehead atoms. The molecule has 8 heteroatoms. The minimum atomic E-state index is -0.332. The van der Waals surface area contributed by atoms with Crippen molar-refractivity contribution < 1.29 is 14.4 Å². The second-order valence-corrected chi connectivity index (χ2v) is 8.04. The number of thioether (sulfide) groups is 1. The third-order valence-corrected chi connectivity index (χ3v) is 5.86. The van der Waals surface area contributed by atoms with Gasteiger partial charge in [0.2, 0.25) is 11.8 Å². The van der Waals surface area contributed by atoms with Gasteiger partial charge in [0.05, 0.1) is 11.4 Å². The average Bonchev–Trinajstić information content (AvgIpc) is 2.66. The van der Waals surface area contributed by atoms with Gasteiger partial charge in [0.15, 0.2) is 0 Å². The van der Waals surface area contributed by atoms with Crippen LogP contribution in [0.5, 0.6) is 0 Å². The van der Waals surface area contributed by atoms with E-state index in [1.54, 1.807) is 44.4 Å². The average molecular weight is 418 g/mol. The van der Waals surface area contributed by atoms with Crippen LogP contribution in [0.1, 0.15) is 15.9 Å². The Kier molecular flexibility index (Phi) is 5.96. The molecule has 0 aromatic heterocycles. The van der Waals surface area contributed by atoms with Crippen molar-refractivity contribution in [3.05, 3.63) is 52.5 Å². The summed E-state index contributed by atoms with van der Waals surface area (Å²) in [6.45, 7) is 1.67. The van der Waals surface area contributed by atoms with E-state index in [1.807, 2.05) is 13.0 Å². The van der Waals surface area contributed by atoms with Gasteiger partial charge in [-0.05, 0) is 42.8 Å². The van der Waals surface area contributed by atoms with Crippen LogP contribution in [0, 0.1) is 6.92 Å². The maximum absolute atomic E-state index is 12.6. The minimum Gasteiger partial charge on any atom is -0.345 e. The highest BCUT2D eigenvalue weighted by atomic mass is 35.5. The number of halogens is 1. The molecule has 0 unspecified atom stereocenters. The lowest BCUT2D eigenvalue weighted by molar-refractivity contribution is -0.120. The van der Waals surface area contributed by atoms with E-state index in [1.165, 1.54) is 21.6 Å². The summed E-state index contributed by atoms with van der Waals surface area (Å²) in [5, 5.41) is 3.36. The van der Waals surface area contributed by atoms with Crippen LogP contribution >= 0.6 is 23.4 Å². The number of amides is 3. The number of fused-ring (bicyclic) bond motifs is 1. The van der Waals surface area contributed by atoms with Crippen LogP contribution in [0.3, 0.4) is 0 Å². The van der Waals surface area contributed by atoms with Crippen molar-refractivity contribution in [3.63, 3.8) is 0 Å². The van der Waals surface area contributed by atoms with Gasteiger partial charge in [-0.1, -0.05) is 17.7 Å². The zero-order valence-electron chi connectivity index (χ0n) is 15.8. The van der Waals surface area contributed by atoms with Crippen LogP contribution in [-0.4, -0.2) is 49.0 Å². The second kappa shape index (κ2) is 8.24. The zero-order valence-corrected chi connectivity index (χ0v) is 17.4. The van der Waals surface area contributed by atoms with Crippen molar-refractivity contribution in [1.29, 1.82) is 0 Å². The predicted molar refractivity (Wildman–Crippen MR) is 112 cm³/mol. The lowest BCUT2D eigenvalue weighted by Crippen LogP contribution is -2.41. The van der Waals surface area contributed by atoms with E-state index < -0.39 is 0 Å². The predicted octanol–water partition coefficient (Wildman–Crippen LogP) is 3.43. The van der Waals surface area contributed by atoms with E-state index in [2.05, 4.69) is 5.32 Å². The van der Waals surface area contributed by atoms with Gasteiger partial charge in [0, 0.05) is 35.3 Å². The standard InChI is InChI=1S/C20H20ClN3O3S/c1-12-14(21)5-4-6-15(12)22-18(25)10-24-16-9-13(20(27)23(2)3)7-8-17(16)28-11-19(24)26/h4-9H,10-11H2,1-3H3,(H,22,25). The van der Waals surface area contributed by atoms with Gasteiger partial charge >= 0.3 is 0 Å². The number of benzene rings is 2. The zero-order chi connectivity index (χ0) is 20.4. The molecule has 0 saturated carbocycles. The summed E-state index contributed by atoms with van der Waals surface area (Å²) in [7, 11) is 3.33. The van der Waals surface area contributed by atoms with Gasteiger partial charge < -0.3 is 15.1 Å². The Morgan fingerprint density at radius 2 is 2.00 bits per heavy atom. The molecular formula is C20H20ClN3O3S. The summed E-state index contributed by atoms with van der Waals surface area (Å²) in [5.41, 5.74) is 2.41. The lowest BCUT2D eigenvalue weighted by atomic mass is 10.1. The monoisotopic (exact) mass is 417 g/mol. The Labute approximate surface area is 172 Å². The van der Waals surface area contributed by atoms with Crippen molar-refractivity contribution in [3.8, 4) is 0 Å². The number of hydrogen-bond donors (Lipinski definition) is 1. The van der Waals surface area contributed by atoms with Crippen LogP contribution in [0.2, 0.25) is 5.02 Å². The molecule has 0 aliphatic carbocycles. The first-order chi connectivity index (χ1) is 13.3. The van der Waals surface area contributed by atoms with E-state index in [0.29, 0.717) is 22.0 Å². The van der Waals surface area contributed by atoms with Gasteiger partial charge in [-0.15, -0.1) is 11.8 Å². The number of carbonyl (C=O) groups is 3. The molecule has 2 aromatic carbocycles. The first-order valence-electron chi connectivity index (χ1n) is 8.61. The van der Waals surface area contributed by atoms with E-state index in [-0.39, 0.29) is 30.0 Å². The van der Waals surface area contributed by atoms with E-state index in [9.17, 15) is 14.4 Å². The number of nitrogens with zero attached hydrogens (tertiary/aromatic N) is 2. The quantitative estimate of drug-likeness (QED) is 0.827. The molecule has 0 radical (unpaired) electrons. The molecule has 1 aliphatic heterocycles. The molecule has 146 valence electrons. The molecule has 1 heterocycles. The van der Waals surface area contributed by atoms with Gasteiger partial charge in [-0.2, -0.15) is 0 Å². The molecular weight excluding hydrogens is 398 g/mol. The van der Waals surface area contributed by atoms with Crippen LogP contribution < -0.4 is 10.2 Å². The van der Waals surface area contributed by atoms with Crippen molar-refractivity contribution in [1.82, 2.24) is 4.90 Å². The van der Waals surface area contributed by atoms with Crippen LogP contribution in [0.15, 0.2) is 41.3 Å². The first kappa shape index (κ1) is 20.2. The third-order valence-electron chi connectivity index (χ3n) is 4.40. The SMILES string of the molecule is Cc1c(Cl)cccc1NC(=O)CN1C(=O)CSc2ccc(C(=O)N(C)C)cc21. The molecule has 6 nitrogen and oxygen atoms in total. The van der Waals surface area contributed by atoms with Crippen LogP contribution in [-0.2, 0) is 9.59 Å². The first-order valence-corrected chi connectivity index (χ1v) is 9.98. The molecule has 2 aromatic rings. The molecule has 28 heavy (non-hydrogen) atoms. The fraction of sp³-hybridized carbons (Fsp3) is 0.250. The van der Waals surface area contributed by atoms with Crippen LogP contribution in [0.4, 0.5) is 11.4 Å². The highest BCUT2D eigenvalue weighted by Gasteiger charge is 2.28. The molecule has 0 spiro atoms. The summed E-state index contributed by atoms with van der Waals surface area (Å²) in [6, 6.07) is 10.5. The summed E-state index contributed by atoms with van der Waals surface area (Å²) in [6.07, 6.45) is 0. The fourth-order valence-electron chi connectivity index (χ4n) is 2.84. The molecule has 3 amide bonds. The number of anilines is 2. The van der Waals surface area contributed by atoms with Crippen molar-refractivity contribution in [2.75, 3.05) is 36.6 Å². The largest absolute Gasteiger partial charge is 0.345 e. The highest BCUT2D eigenvalue weighted by molar-refractivity contribution is 8.00. The Bertz CT molecular complexity index is 962. The van der Waals surface area contributed by atoms with Gasteiger partial charge in [0.1, 0.15) is 6.54 Å². The number of nitrogens with one attached hydrogen (secondary N) is 1. The minimum absolute atomic E-state index is 0.141. The maximum atomic E-state index is 12.6. The van der Waals surface area contributed by atoms with Gasteiger partial charge in [0.25, 0.3) is 5.91 Å². The fourth-order valence-corrected chi connectivity index (χ4v) is 3.93. The second-order valence-electron chi connectivity index (χ2n) is 6.61. The summed E-state index contributed by atoms with van der Waals surface area (Å²) < 4.78 is 0. The van der Waals surface area contributed by atoms with E-state index in [4.69, 9.17) is 11.6 Å². The number of carbonyl (C=O) groups excluding carboxylic acids is 3. The molecule has 0 saturated heterocycles. The summed E-state index contributed by atoms with van der Waals surface area (Å²) >= 11 is 7.50. The normalized spacial score (nSPS) is 13.1. The van der Waals surface area contributed by atoms with Crippen molar-refractivity contribution in [2.24, 2.45) is 0 Å². The molecule has 1 aliphatic rings. The molecule has 0 atom stereocenters. The third kappa shape index (κ3) is 4.15. The molecule has 1 N–H and O–H groups in total. The van der Waals surface area contributed by atoms with Crippen molar-refractivity contribution >= 4 is 52.5 Å². The van der Waals surface area contributed by atoms with E-state index in [0.717, 1.165) is 10.5 Å². The Morgan fingerprint density at radius 3 is 2.71 bits per heavy atom. The molecule has 0 fully saturated rings. The summed E-state index contributed by atoms with van der Waals surface area (Å²) in [5.74, 6) is -0.423.